The van der Waals surface area contributed by atoms with Crippen molar-refractivity contribution >= 4 is 21.6 Å². The molecular formula is C21H26N2O5S. The Morgan fingerprint density at radius 3 is 2.66 bits per heavy atom. The van der Waals surface area contributed by atoms with E-state index in [1.165, 1.54) is 13.2 Å². The van der Waals surface area contributed by atoms with Gasteiger partial charge in [0.2, 0.25) is 0 Å². The largest absolute Gasteiger partial charge is 0.495 e. The first-order valence-corrected chi connectivity index (χ1v) is 11.0. The quantitative estimate of drug-likeness (QED) is 0.641. The Labute approximate surface area is 171 Å². The van der Waals surface area contributed by atoms with Crippen molar-refractivity contribution in [3.05, 3.63) is 53.6 Å². The molecule has 1 aliphatic rings. The highest BCUT2D eigenvalue weighted by molar-refractivity contribution is 7.92. The summed E-state index contributed by atoms with van der Waals surface area (Å²) >= 11 is 0. The maximum absolute atomic E-state index is 12.9. The van der Waals surface area contributed by atoms with Gasteiger partial charge in [-0.3, -0.25) is 9.52 Å². The standard InChI is InChI=1S/C21H26N2O5S/c1-14-10-11-15(21(25)22-13-16-6-5-8-18(16)24)12-20(14)29(26,27)23-17-7-3-4-9-19(17)28-2/h3-4,7,9-12,16,18,23-24H,5-6,8,13H2,1-2H3,(H,22,25). The van der Waals surface area contributed by atoms with Gasteiger partial charge >= 0.3 is 0 Å². The Morgan fingerprint density at radius 2 is 1.97 bits per heavy atom. The smallest absolute Gasteiger partial charge is 0.262 e. The summed E-state index contributed by atoms with van der Waals surface area (Å²) in [6, 6.07) is 11.3. The summed E-state index contributed by atoms with van der Waals surface area (Å²) < 4.78 is 33.6. The van der Waals surface area contributed by atoms with Crippen molar-refractivity contribution in [1.82, 2.24) is 5.32 Å². The van der Waals surface area contributed by atoms with E-state index in [-0.39, 0.29) is 22.3 Å². The second kappa shape index (κ2) is 8.84. The number of benzene rings is 2. The summed E-state index contributed by atoms with van der Waals surface area (Å²) in [5.74, 6) is 0.0791. The fraction of sp³-hybridized carbons (Fsp3) is 0.381. The second-order valence-corrected chi connectivity index (χ2v) is 8.91. The van der Waals surface area contributed by atoms with Gasteiger partial charge in [0.1, 0.15) is 5.75 Å². The lowest BCUT2D eigenvalue weighted by Crippen LogP contribution is -2.32. The SMILES string of the molecule is COc1ccccc1NS(=O)(=O)c1cc(C(=O)NCC2CCCC2O)ccc1C. The molecule has 2 atom stereocenters. The zero-order chi connectivity index (χ0) is 21.0. The number of aliphatic hydroxyl groups excluding tert-OH is 1. The number of rotatable bonds is 7. The molecule has 2 aromatic carbocycles. The lowest BCUT2D eigenvalue weighted by molar-refractivity contribution is 0.0916. The molecule has 0 bridgehead atoms. The Morgan fingerprint density at radius 1 is 1.21 bits per heavy atom. The van der Waals surface area contributed by atoms with Crippen LogP contribution in [-0.4, -0.2) is 39.2 Å². The van der Waals surface area contributed by atoms with Crippen LogP contribution in [0.1, 0.15) is 35.2 Å². The van der Waals surface area contributed by atoms with Crippen molar-refractivity contribution < 1.29 is 23.1 Å². The number of hydrogen-bond donors (Lipinski definition) is 3. The third kappa shape index (κ3) is 4.89. The lowest BCUT2D eigenvalue weighted by atomic mass is 10.1. The van der Waals surface area contributed by atoms with E-state index < -0.39 is 16.1 Å². The van der Waals surface area contributed by atoms with Gasteiger partial charge in [0.15, 0.2) is 0 Å². The molecule has 1 aliphatic carbocycles. The number of hydrogen-bond acceptors (Lipinski definition) is 5. The van der Waals surface area contributed by atoms with Crippen LogP contribution in [0.4, 0.5) is 5.69 Å². The summed E-state index contributed by atoms with van der Waals surface area (Å²) in [4.78, 5) is 12.6. The molecule has 0 heterocycles. The molecule has 7 nitrogen and oxygen atoms in total. The average molecular weight is 419 g/mol. The van der Waals surface area contributed by atoms with Crippen LogP contribution in [0, 0.1) is 12.8 Å². The zero-order valence-electron chi connectivity index (χ0n) is 16.5. The number of sulfonamides is 1. The molecule has 1 saturated carbocycles. The summed E-state index contributed by atoms with van der Waals surface area (Å²) in [6.07, 6.45) is 2.18. The predicted molar refractivity (Wildman–Crippen MR) is 111 cm³/mol. The number of nitrogens with one attached hydrogen (secondary N) is 2. The normalized spacial score (nSPS) is 19.0. The van der Waals surface area contributed by atoms with Crippen molar-refractivity contribution in [2.45, 2.75) is 37.2 Å². The number of aliphatic hydroxyl groups is 1. The minimum atomic E-state index is -3.92. The summed E-state index contributed by atoms with van der Waals surface area (Å²) in [5.41, 5.74) is 1.10. The average Bonchev–Trinajstić information content (AvgIpc) is 3.11. The van der Waals surface area contributed by atoms with Crippen LogP contribution in [-0.2, 0) is 10.0 Å². The number of methoxy groups -OCH3 is 1. The van der Waals surface area contributed by atoms with Gasteiger partial charge in [-0.15, -0.1) is 0 Å². The molecule has 1 amide bonds. The minimum Gasteiger partial charge on any atom is -0.495 e. The molecule has 8 heteroatoms. The van der Waals surface area contributed by atoms with Gasteiger partial charge in [-0.2, -0.15) is 0 Å². The molecular weight excluding hydrogens is 392 g/mol. The lowest BCUT2D eigenvalue weighted by Gasteiger charge is -2.16. The predicted octanol–water partition coefficient (Wildman–Crippen LogP) is 2.70. The van der Waals surface area contributed by atoms with Crippen LogP contribution in [0.5, 0.6) is 5.75 Å². The van der Waals surface area contributed by atoms with E-state index in [2.05, 4.69) is 10.0 Å². The summed E-state index contributed by atoms with van der Waals surface area (Å²) in [6.45, 7) is 2.04. The van der Waals surface area contributed by atoms with Gasteiger partial charge in [0.05, 0.1) is 23.8 Å². The summed E-state index contributed by atoms with van der Waals surface area (Å²) in [7, 11) is -2.46. The van der Waals surface area contributed by atoms with Crippen LogP contribution < -0.4 is 14.8 Å². The van der Waals surface area contributed by atoms with E-state index in [0.717, 1.165) is 19.3 Å². The first-order chi connectivity index (χ1) is 13.8. The van der Waals surface area contributed by atoms with Crippen LogP contribution in [0.15, 0.2) is 47.4 Å². The molecule has 2 unspecified atom stereocenters. The molecule has 3 rings (SSSR count). The number of anilines is 1. The highest BCUT2D eigenvalue weighted by atomic mass is 32.2. The Balaban J connectivity index is 1.79. The molecule has 0 spiro atoms. The second-order valence-electron chi connectivity index (χ2n) is 7.25. The number of ether oxygens (including phenoxy) is 1. The van der Waals surface area contributed by atoms with Gasteiger partial charge in [0, 0.05) is 18.0 Å². The van der Waals surface area contributed by atoms with Crippen LogP contribution in [0.2, 0.25) is 0 Å². The molecule has 29 heavy (non-hydrogen) atoms. The monoisotopic (exact) mass is 418 g/mol. The van der Waals surface area contributed by atoms with E-state index in [0.29, 0.717) is 23.5 Å². The van der Waals surface area contributed by atoms with Crippen molar-refractivity contribution in [3.63, 3.8) is 0 Å². The summed E-state index contributed by atoms with van der Waals surface area (Å²) in [5, 5.41) is 12.7. The number of aryl methyl sites for hydroxylation is 1. The molecule has 0 aromatic heterocycles. The Bertz CT molecular complexity index is 990. The van der Waals surface area contributed by atoms with Gasteiger partial charge in [-0.25, -0.2) is 8.42 Å². The van der Waals surface area contributed by atoms with Crippen molar-refractivity contribution in [3.8, 4) is 5.75 Å². The third-order valence-corrected chi connectivity index (χ3v) is 6.74. The molecule has 0 aliphatic heterocycles. The molecule has 156 valence electrons. The third-order valence-electron chi connectivity index (χ3n) is 5.23. The number of para-hydroxylation sites is 2. The minimum absolute atomic E-state index is 0.0250. The number of carbonyl (C=O) groups is 1. The van der Waals surface area contributed by atoms with E-state index in [1.54, 1.807) is 43.3 Å². The molecule has 3 N–H and O–H groups in total. The van der Waals surface area contributed by atoms with Gasteiger partial charge in [-0.1, -0.05) is 24.6 Å². The molecule has 2 aromatic rings. The maximum atomic E-state index is 12.9. The fourth-order valence-corrected chi connectivity index (χ4v) is 4.88. The fourth-order valence-electron chi connectivity index (χ4n) is 3.54. The molecule has 1 fully saturated rings. The molecule has 0 radical (unpaired) electrons. The van der Waals surface area contributed by atoms with Crippen LogP contribution in [0.3, 0.4) is 0 Å². The number of amides is 1. The Hall–Kier alpha value is -2.58. The topological polar surface area (TPSA) is 105 Å². The van der Waals surface area contributed by atoms with Crippen LogP contribution in [0.25, 0.3) is 0 Å². The maximum Gasteiger partial charge on any atom is 0.262 e. The van der Waals surface area contributed by atoms with Crippen molar-refractivity contribution in [2.24, 2.45) is 5.92 Å². The van der Waals surface area contributed by atoms with Crippen molar-refractivity contribution in [2.75, 3.05) is 18.4 Å². The van der Waals surface area contributed by atoms with E-state index in [1.807, 2.05) is 0 Å². The van der Waals surface area contributed by atoms with E-state index >= 15 is 0 Å². The van der Waals surface area contributed by atoms with Gasteiger partial charge in [0.25, 0.3) is 15.9 Å². The molecule has 0 saturated heterocycles. The highest BCUT2D eigenvalue weighted by Gasteiger charge is 2.26. The van der Waals surface area contributed by atoms with E-state index in [4.69, 9.17) is 4.74 Å². The van der Waals surface area contributed by atoms with Crippen LogP contribution >= 0.6 is 0 Å². The zero-order valence-corrected chi connectivity index (χ0v) is 17.3. The first kappa shape index (κ1) is 21.1. The Kier molecular flexibility index (Phi) is 6.44. The van der Waals surface area contributed by atoms with E-state index in [9.17, 15) is 18.3 Å². The van der Waals surface area contributed by atoms with Crippen molar-refractivity contribution in [1.29, 1.82) is 0 Å². The van der Waals surface area contributed by atoms with Gasteiger partial charge in [-0.05, 0) is 49.6 Å². The first-order valence-electron chi connectivity index (χ1n) is 9.54. The number of carbonyl (C=O) groups excluding carboxylic acids is 1. The van der Waals surface area contributed by atoms with Gasteiger partial charge < -0.3 is 15.2 Å². The highest BCUT2D eigenvalue weighted by Crippen LogP contribution is 2.28.